The van der Waals surface area contributed by atoms with E-state index in [0.29, 0.717) is 6.54 Å². The van der Waals surface area contributed by atoms with E-state index < -0.39 is 0 Å². The summed E-state index contributed by atoms with van der Waals surface area (Å²) in [6.45, 7) is 6.59. The zero-order chi connectivity index (χ0) is 15.5. The Kier molecular flexibility index (Phi) is 4.36. The largest absolute Gasteiger partial charge is 0.294 e. The molecular weight excluding hydrogens is 294 g/mol. The predicted octanol–water partition coefficient (Wildman–Crippen LogP) is 3.09. The summed E-state index contributed by atoms with van der Waals surface area (Å²) in [5, 5.41) is 0. The van der Waals surface area contributed by atoms with Gasteiger partial charge in [-0.05, 0) is 19.0 Å². The molecule has 0 unspecified atom stereocenters. The first-order valence-corrected chi connectivity index (χ1v) is 8.22. The molecule has 0 aliphatic heterocycles. The van der Waals surface area contributed by atoms with E-state index in [2.05, 4.69) is 28.9 Å². The van der Waals surface area contributed by atoms with Gasteiger partial charge in [-0.3, -0.25) is 14.1 Å². The minimum atomic E-state index is 0.000106. The summed E-state index contributed by atoms with van der Waals surface area (Å²) >= 11 is 1.55. The SMILES string of the molecule is CCN(Cc1ccccc1)Cc1cc(=O)n2cc(C)sc2n1. The Balaban J connectivity index is 1.83. The first-order valence-electron chi connectivity index (χ1n) is 7.40. The van der Waals surface area contributed by atoms with Gasteiger partial charge >= 0.3 is 0 Å². The zero-order valence-corrected chi connectivity index (χ0v) is 13.6. The second-order valence-corrected chi connectivity index (χ2v) is 6.58. The van der Waals surface area contributed by atoms with E-state index in [1.54, 1.807) is 21.8 Å². The van der Waals surface area contributed by atoms with Crippen molar-refractivity contribution >= 4 is 16.3 Å². The number of rotatable bonds is 5. The maximum absolute atomic E-state index is 12.2. The zero-order valence-electron chi connectivity index (χ0n) is 12.8. The van der Waals surface area contributed by atoms with Crippen LogP contribution in [0, 0.1) is 6.92 Å². The van der Waals surface area contributed by atoms with Crippen LogP contribution in [0.2, 0.25) is 0 Å². The number of hydrogen-bond acceptors (Lipinski definition) is 4. The molecule has 0 saturated carbocycles. The molecule has 1 aromatic carbocycles. The summed E-state index contributed by atoms with van der Waals surface area (Å²) in [6, 6.07) is 12.0. The Bertz CT molecular complexity index is 823. The molecule has 0 spiro atoms. The summed E-state index contributed by atoms with van der Waals surface area (Å²) in [5.41, 5.74) is 2.11. The number of nitrogens with zero attached hydrogens (tertiary/aromatic N) is 3. The van der Waals surface area contributed by atoms with Crippen LogP contribution in [0.25, 0.3) is 4.96 Å². The molecule has 0 aliphatic carbocycles. The van der Waals surface area contributed by atoms with E-state index in [1.807, 2.05) is 31.3 Å². The highest BCUT2D eigenvalue weighted by Crippen LogP contribution is 2.14. The fourth-order valence-corrected chi connectivity index (χ4v) is 3.34. The molecule has 0 radical (unpaired) electrons. The lowest BCUT2D eigenvalue weighted by Crippen LogP contribution is -2.24. The van der Waals surface area contributed by atoms with Crippen molar-refractivity contribution in [3.05, 3.63) is 69.1 Å². The molecule has 2 aromatic heterocycles. The van der Waals surface area contributed by atoms with Crippen LogP contribution in [0.3, 0.4) is 0 Å². The van der Waals surface area contributed by atoms with Gasteiger partial charge in [0.25, 0.3) is 5.56 Å². The maximum Gasteiger partial charge on any atom is 0.258 e. The lowest BCUT2D eigenvalue weighted by atomic mass is 10.2. The van der Waals surface area contributed by atoms with Crippen molar-refractivity contribution in [1.82, 2.24) is 14.3 Å². The molecule has 4 nitrogen and oxygen atoms in total. The monoisotopic (exact) mass is 313 g/mol. The number of aryl methyl sites for hydroxylation is 1. The van der Waals surface area contributed by atoms with Crippen molar-refractivity contribution in [2.45, 2.75) is 26.9 Å². The molecule has 0 N–H and O–H groups in total. The average Bonchev–Trinajstić information content (AvgIpc) is 2.88. The Morgan fingerprint density at radius 1 is 1.23 bits per heavy atom. The summed E-state index contributed by atoms with van der Waals surface area (Å²) < 4.78 is 1.62. The number of fused-ring (bicyclic) bond motifs is 1. The maximum atomic E-state index is 12.2. The molecule has 0 bridgehead atoms. The summed E-state index contributed by atoms with van der Waals surface area (Å²) in [4.78, 5) is 20.9. The van der Waals surface area contributed by atoms with Gasteiger partial charge in [-0.1, -0.05) is 37.3 Å². The quantitative estimate of drug-likeness (QED) is 0.726. The second-order valence-electron chi connectivity index (χ2n) is 5.37. The minimum absolute atomic E-state index is 0.000106. The third kappa shape index (κ3) is 3.26. The Labute approximate surface area is 133 Å². The highest BCUT2D eigenvalue weighted by Gasteiger charge is 2.09. The molecule has 0 atom stereocenters. The van der Waals surface area contributed by atoms with Crippen molar-refractivity contribution in [2.24, 2.45) is 0 Å². The number of hydrogen-bond donors (Lipinski definition) is 0. The molecule has 3 aromatic rings. The normalized spacial score (nSPS) is 11.4. The van der Waals surface area contributed by atoms with E-state index in [0.717, 1.165) is 28.6 Å². The van der Waals surface area contributed by atoms with E-state index in [9.17, 15) is 4.79 Å². The van der Waals surface area contributed by atoms with Crippen LogP contribution in [0.15, 0.2) is 47.4 Å². The van der Waals surface area contributed by atoms with Crippen LogP contribution >= 0.6 is 11.3 Å². The Morgan fingerprint density at radius 2 is 2.00 bits per heavy atom. The van der Waals surface area contributed by atoms with E-state index in [4.69, 9.17) is 0 Å². The van der Waals surface area contributed by atoms with Gasteiger partial charge in [-0.15, -0.1) is 11.3 Å². The molecule has 114 valence electrons. The van der Waals surface area contributed by atoms with Crippen molar-refractivity contribution in [1.29, 1.82) is 0 Å². The van der Waals surface area contributed by atoms with E-state index >= 15 is 0 Å². The van der Waals surface area contributed by atoms with E-state index in [1.165, 1.54) is 5.56 Å². The van der Waals surface area contributed by atoms with Crippen LogP contribution in [-0.2, 0) is 13.1 Å². The number of aromatic nitrogens is 2. The minimum Gasteiger partial charge on any atom is -0.294 e. The first-order chi connectivity index (χ1) is 10.7. The molecule has 3 rings (SSSR count). The van der Waals surface area contributed by atoms with Gasteiger partial charge in [-0.25, -0.2) is 4.98 Å². The summed E-state index contributed by atoms with van der Waals surface area (Å²) in [5.74, 6) is 0. The van der Waals surface area contributed by atoms with Crippen LogP contribution in [0.1, 0.15) is 23.1 Å². The third-order valence-corrected chi connectivity index (χ3v) is 4.52. The van der Waals surface area contributed by atoms with Crippen molar-refractivity contribution in [2.75, 3.05) is 6.54 Å². The third-order valence-electron chi connectivity index (χ3n) is 3.62. The molecule has 0 fully saturated rings. The van der Waals surface area contributed by atoms with Gasteiger partial charge in [0.05, 0.1) is 5.69 Å². The fourth-order valence-electron chi connectivity index (χ4n) is 2.49. The van der Waals surface area contributed by atoms with Crippen molar-refractivity contribution < 1.29 is 0 Å². The summed E-state index contributed by atoms with van der Waals surface area (Å²) in [6.07, 6.45) is 1.85. The van der Waals surface area contributed by atoms with Gasteiger partial charge in [-0.2, -0.15) is 0 Å². The summed E-state index contributed by atoms with van der Waals surface area (Å²) in [7, 11) is 0. The molecule has 22 heavy (non-hydrogen) atoms. The molecular formula is C17H19N3OS. The van der Waals surface area contributed by atoms with Crippen LogP contribution in [-0.4, -0.2) is 20.8 Å². The molecule has 0 amide bonds. The fraction of sp³-hybridized carbons (Fsp3) is 0.294. The number of thiazole rings is 1. The molecule has 5 heteroatoms. The molecule has 0 saturated heterocycles. The Hall–Kier alpha value is -1.98. The molecule has 2 heterocycles. The van der Waals surface area contributed by atoms with Gasteiger partial charge in [0.15, 0.2) is 4.96 Å². The average molecular weight is 313 g/mol. The highest BCUT2D eigenvalue weighted by atomic mass is 32.1. The first kappa shape index (κ1) is 14.9. The van der Waals surface area contributed by atoms with Gasteiger partial charge < -0.3 is 0 Å². The smallest absolute Gasteiger partial charge is 0.258 e. The predicted molar refractivity (Wildman–Crippen MR) is 90.3 cm³/mol. The van der Waals surface area contributed by atoms with Crippen molar-refractivity contribution in [3.63, 3.8) is 0 Å². The standard InChI is InChI=1S/C17H19N3OS/c1-3-19(11-14-7-5-4-6-8-14)12-15-9-16(21)20-10-13(2)22-17(20)18-15/h4-10H,3,11-12H2,1-2H3. The van der Waals surface area contributed by atoms with Gasteiger partial charge in [0.1, 0.15) is 0 Å². The lowest BCUT2D eigenvalue weighted by molar-refractivity contribution is 0.268. The topological polar surface area (TPSA) is 37.6 Å². The van der Waals surface area contributed by atoms with Crippen molar-refractivity contribution in [3.8, 4) is 0 Å². The van der Waals surface area contributed by atoms with Crippen LogP contribution in [0.4, 0.5) is 0 Å². The van der Waals surface area contributed by atoms with Crippen LogP contribution < -0.4 is 5.56 Å². The van der Waals surface area contributed by atoms with Gasteiger partial charge in [0.2, 0.25) is 0 Å². The Morgan fingerprint density at radius 3 is 2.73 bits per heavy atom. The van der Waals surface area contributed by atoms with E-state index in [-0.39, 0.29) is 5.56 Å². The molecule has 0 aliphatic rings. The highest BCUT2D eigenvalue weighted by molar-refractivity contribution is 7.16. The lowest BCUT2D eigenvalue weighted by Gasteiger charge is -2.19. The second kappa shape index (κ2) is 6.42. The van der Waals surface area contributed by atoms with Gasteiger partial charge in [0, 0.05) is 30.2 Å². The van der Waals surface area contributed by atoms with Crippen LogP contribution in [0.5, 0.6) is 0 Å². The number of benzene rings is 1.